The van der Waals surface area contributed by atoms with E-state index in [4.69, 9.17) is 24.4 Å². The van der Waals surface area contributed by atoms with Gasteiger partial charge in [0.2, 0.25) is 11.8 Å². The molecule has 15 nitrogen and oxygen atoms in total. The Hall–Kier alpha value is -5.99. The van der Waals surface area contributed by atoms with Gasteiger partial charge in [0.05, 0.1) is 49.2 Å². The Morgan fingerprint density at radius 3 is 2.41 bits per heavy atom. The summed E-state index contributed by atoms with van der Waals surface area (Å²) in [7, 11) is 4.39. The van der Waals surface area contributed by atoms with Crippen LogP contribution in [-0.2, 0) is 25.5 Å². The van der Waals surface area contributed by atoms with Crippen LogP contribution >= 0.6 is 0 Å². The number of rotatable bonds is 18. The second kappa shape index (κ2) is 22.8. The largest absolute Gasteiger partial charge is 0.453 e. The lowest BCUT2D eigenvalue weighted by Crippen LogP contribution is -2.51. The number of aliphatic imine (C=N–C) groups is 1. The van der Waals surface area contributed by atoms with Gasteiger partial charge in [-0.3, -0.25) is 14.6 Å². The number of methoxy groups -OCH3 is 2. The number of hydrogen-bond donors (Lipinski definition) is 4. The Labute approximate surface area is 414 Å². The van der Waals surface area contributed by atoms with E-state index >= 15 is 0 Å². The van der Waals surface area contributed by atoms with Gasteiger partial charge in [-0.15, -0.1) is 0 Å². The summed E-state index contributed by atoms with van der Waals surface area (Å²) in [5.74, 6) is 1.20. The van der Waals surface area contributed by atoms with Gasteiger partial charge in [0.25, 0.3) is 0 Å². The zero-order chi connectivity index (χ0) is 50.3. The van der Waals surface area contributed by atoms with Crippen molar-refractivity contribution in [2.75, 3.05) is 27.8 Å². The highest BCUT2D eigenvalue weighted by Crippen LogP contribution is 2.57. The number of ether oxygens (including phenoxy) is 2. The van der Waals surface area contributed by atoms with Crippen LogP contribution in [-0.4, -0.2) is 99.8 Å². The van der Waals surface area contributed by atoms with Gasteiger partial charge in [-0.05, 0) is 134 Å². The number of imidazole rings is 2. The number of likely N-dealkylation sites (N-methyl/N-ethyl adjacent to an activating group) is 1. The normalized spacial score (nSPS) is 21.0. The number of benzene rings is 1. The van der Waals surface area contributed by atoms with E-state index in [9.17, 15) is 19.2 Å². The Morgan fingerprint density at radius 2 is 1.74 bits per heavy atom. The lowest BCUT2D eigenvalue weighted by atomic mass is 9.83. The van der Waals surface area contributed by atoms with Crippen molar-refractivity contribution >= 4 is 46.8 Å². The maximum Gasteiger partial charge on any atom is 0.407 e. The fourth-order valence-corrected chi connectivity index (χ4v) is 11.6. The predicted octanol–water partition coefficient (Wildman–Crippen LogP) is 10.6. The first-order valence-electron chi connectivity index (χ1n) is 25.7. The molecule has 7 rings (SSSR count). The molecule has 378 valence electrons. The SMILES string of the molecule is C=C(C1=C(C/C(N=CC)=C2\CC3(CCCC3)CC2Cc2ccc3nc([C@H](CCC)N(C)C(=O)[C@@H](NC(=O)OC)C(C)C)[nH]c3c2)C=CCC1)c1cnc([C@@H]2CCCN2C(=O)[C@@H](NC(=O)OC)C(C)C)[nH]1. The molecule has 3 aromatic rings. The molecule has 1 aromatic carbocycles. The average molecular weight is 960 g/mol. The third-order valence-electron chi connectivity index (χ3n) is 15.3. The lowest BCUT2D eigenvalue weighted by molar-refractivity contribution is -0.136. The number of nitrogens with one attached hydrogen (secondary N) is 4. The quantitative estimate of drug-likeness (QED) is 0.0907. The van der Waals surface area contributed by atoms with Gasteiger partial charge in [-0.1, -0.05) is 78.7 Å². The van der Waals surface area contributed by atoms with Gasteiger partial charge in [-0.2, -0.15) is 0 Å². The van der Waals surface area contributed by atoms with Crippen molar-refractivity contribution in [2.24, 2.45) is 28.2 Å². The Bertz CT molecular complexity index is 2520. The van der Waals surface area contributed by atoms with Gasteiger partial charge in [-0.25, -0.2) is 19.6 Å². The number of allylic oxidation sites excluding steroid dienone is 6. The maximum atomic E-state index is 13.9. The molecule has 70 heavy (non-hydrogen) atoms. The lowest BCUT2D eigenvalue weighted by Gasteiger charge is -2.31. The summed E-state index contributed by atoms with van der Waals surface area (Å²) in [6.07, 6.45) is 20.8. The summed E-state index contributed by atoms with van der Waals surface area (Å²) in [5.41, 5.74) is 10.1. The molecule has 0 radical (unpaired) electrons. The van der Waals surface area contributed by atoms with E-state index < -0.39 is 24.3 Å². The van der Waals surface area contributed by atoms with Crippen molar-refractivity contribution in [3.8, 4) is 0 Å². The van der Waals surface area contributed by atoms with Crippen LogP contribution in [0.5, 0.6) is 0 Å². The predicted molar refractivity (Wildman–Crippen MR) is 275 cm³/mol. The molecule has 1 unspecified atom stereocenters. The highest BCUT2D eigenvalue weighted by molar-refractivity contribution is 5.87. The smallest absolute Gasteiger partial charge is 0.407 e. The molecule has 1 aliphatic heterocycles. The minimum absolute atomic E-state index is 0.119. The molecule has 4 aliphatic rings. The standard InChI is InChI=1S/C55H77N9O6/c1-11-18-45(63(8)51(65)47(33(3)4)61-53(67)69-9)50-58-41-23-22-36(28-43(41)59-50)27-38-30-55(24-15-16-25-55)31-40(38)42(56-12-2)29-37-19-13-14-20-39(37)35(7)44-32-57-49(60-44)46-21-17-26-64(46)52(66)48(34(5)6)62-54(68)70-10/h12-13,19,22-23,28,32-34,38,45-48H,7,11,14-18,20-21,24-27,29-31H2,1-6,8-10H3,(H,57,60)(H,58,59)(H,61,67)(H,62,68)/b42-40-,56-12?/t38?,45-,46-,47-,48-/m0/s1. The zero-order valence-electron chi connectivity index (χ0n) is 43.1. The fourth-order valence-electron chi connectivity index (χ4n) is 11.6. The molecule has 4 amide bonds. The molecule has 3 aliphatic carbocycles. The summed E-state index contributed by atoms with van der Waals surface area (Å²) in [5, 5.41) is 5.47. The second-order valence-electron chi connectivity index (χ2n) is 20.8. The van der Waals surface area contributed by atoms with Gasteiger partial charge in [0.1, 0.15) is 23.7 Å². The van der Waals surface area contributed by atoms with E-state index in [0.717, 1.165) is 91.0 Å². The van der Waals surface area contributed by atoms with Crippen molar-refractivity contribution in [1.29, 1.82) is 0 Å². The number of nitrogens with zero attached hydrogens (tertiary/aromatic N) is 5. The van der Waals surface area contributed by atoms with Crippen LogP contribution in [0.4, 0.5) is 9.59 Å². The van der Waals surface area contributed by atoms with E-state index in [-0.39, 0.29) is 41.1 Å². The second-order valence-corrected chi connectivity index (χ2v) is 20.8. The van der Waals surface area contributed by atoms with E-state index in [1.807, 2.05) is 51.9 Å². The van der Waals surface area contributed by atoms with Gasteiger partial charge >= 0.3 is 12.2 Å². The molecule has 4 N–H and O–H groups in total. The van der Waals surface area contributed by atoms with Crippen molar-refractivity contribution in [3.63, 3.8) is 0 Å². The number of amides is 4. The topological polar surface area (TPSA) is 187 Å². The summed E-state index contributed by atoms with van der Waals surface area (Å²) in [4.78, 5) is 77.9. The van der Waals surface area contributed by atoms with Gasteiger partial charge in [0, 0.05) is 31.9 Å². The van der Waals surface area contributed by atoms with Crippen LogP contribution in [0.15, 0.2) is 70.5 Å². The van der Waals surface area contributed by atoms with Gasteiger partial charge in [0.15, 0.2) is 0 Å². The van der Waals surface area contributed by atoms with Crippen LogP contribution < -0.4 is 10.6 Å². The van der Waals surface area contributed by atoms with Crippen LogP contribution in [0, 0.1) is 23.2 Å². The van der Waals surface area contributed by atoms with Crippen LogP contribution in [0.3, 0.4) is 0 Å². The van der Waals surface area contributed by atoms with Crippen LogP contribution in [0.2, 0.25) is 0 Å². The van der Waals surface area contributed by atoms with E-state index in [1.165, 1.54) is 62.2 Å². The third-order valence-corrected chi connectivity index (χ3v) is 15.3. The summed E-state index contributed by atoms with van der Waals surface area (Å²) in [6, 6.07) is 4.57. The average Bonchev–Trinajstić information content (AvgIpc) is 4.22. The number of aromatic nitrogens is 4. The molecule has 3 fully saturated rings. The number of hydrogen-bond acceptors (Lipinski definition) is 9. The molecule has 15 heteroatoms. The fraction of sp³-hybridized carbons (Fsp3) is 0.582. The van der Waals surface area contributed by atoms with E-state index in [2.05, 4.69) is 64.5 Å². The highest BCUT2D eigenvalue weighted by Gasteiger charge is 2.45. The van der Waals surface area contributed by atoms with Crippen molar-refractivity contribution in [3.05, 3.63) is 88.4 Å². The Morgan fingerprint density at radius 1 is 1.03 bits per heavy atom. The first kappa shape index (κ1) is 51.8. The Kier molecular flexibility index (Phi) is 16.9. The molecular weight excluding hydrogens is 883 g/mol. The monoisotopic (exact) mass is 960 g/mol. The highest BCUT2D eigenvalue weighted by atomic mass is 16.5. The number of likely N-dealkylation sites (tertiary alicyclic amines) is 1. The Balaban J connectivity index is 1.14. The maximum absolute atomic E-state index is 13.9. The molecule has 1 spiro atoms. The van der Waals surface area contributed by atoms with Gasteiger partial charge < -0.3 is 39.9 Å². The number of aromatic amines is 2. The van der Waals surface area contributed by atoms with Crippen LogP contribution in [0.25, 0.3) is 16.6 Å². The number of H-pyrrole nitrogens is 2. The minimum atomic E-state index is -0.733. The first-order valence-corrected chi connectivity index (χ1v) is 25.7. The minimum Gasteiger partial charge on any atom is -0.453 e. The summed E-state index contributed by atoms with van der Waals surface area (Å²) in [6.45, 7) is 17.0. The van der Waals surface area contributed by atoms with E-state index in [0.29, 0.717) is 25.3 Å². The number of fused-ring (bicyclic) bond motifs is 1. The number of carbonyl (C=O) groups is 4. The molecule has 0 bridgehead atoms. The van der Waals surface area contributed by atoms with E-state index in [1.54, 1.807) is 11.9 Å². The molecule has 3 heterocycles. The molecule has 5 atom stereocenters. The molecule has 1 saturated heterocycles. The van der Waals surface area contributed by atoms with Crippen molar-refractivity contribution < 1.29 is 28.7 Å². The van der Waals surface area contributed by atoms with Crippen molar-refractivity contribution in [2.45, 2.75) is 156 Å². The number of carbonyl (C=O) groups excluding carboxylic acids is 4. The molecular formula is C55H77N9O6. The zero-order valence-corrected chi connectivity index (χ0v) is 43.1. The molecule has 2 aromatic heterocycles. The third kappa shape index (κ3) is 11.4. The first-order chi connectivity index (χ1) is 33.6. The molecule has 2 saturated carbocycles. The summed E-state index contributed by atoms with van der Waals surface area (Å²) < 4.78 is 9.67. The summed E-state index contributed by atoms with van der Waals surface area (Å²) >= 11 is 0. The van der Waals surface area contributed by atoms with Crippen molar-refractivity contribution in [1.82, 2.24) is 40.4 Å². The number of alkyl carbamates (subject to hydrolysis) is 2. The van der Waals surface area contributed by atoms with Crippen LogP contribution in [0.1, 0.15) is 160 Å².